The number of hydrogen-bond acceptors (Lipinski definition) is 4. The van der Waals surface area contributed by atoms with E-state index in [9.17, 15) is 9.59 Å². The number of carbonyl (C=O) groups is 2. The van der Waals surface area contributed by atoms with Crippen LogP contribution in [0, 0.1) is 11.8 Å². The molecule has 0 aromatic rings. The van der Waals surface area contributed by atoms with E-state index in [4.69, 9.17) is 9.47 Å². The SMILES string of the molecule is CCOCCCN(CC(C)C(=O)OC)C(=O)C1CCC1. The maximum Gasteiger partial charge on any atom is 0.310 e. The summed E-state index contributed by atoms with van der Waals surface area (Å²) in [5.74, 6) is -0.201. The van der Waals surface area contributed by atoms with Crippen LogP contribution in [0.15, 0.2) is 0 Å². The highest BCUT2D eigenvalue weighted by atomic mass is 16.5. The van der Waals surface area contributed by atoms with Gasteiger partial charge >= 0.3 is 5.97 Å². The standard InChI is InChI=1S/C15H27NO4/c1-4-20-10-6-9-16(11-12(2)15(18)19-3)14(17)13-7-5-8-13/h12-13H,4-11H2,1-3H3. The Kier molecular flexibility index (Phi) is 7.59. The molecule has 0 radical (unpaired) electrons. The number of esters is 1. The van der Waals surface area contributed by atoms with Crippen molar-refractivity contribution in [3.8, 4) is 0 Å². The fraction of sp³-hybridized carbons (Fsp3) is 0.867. The lowest BCUT2D eigenvalue weighted by molar-refractivity contribution is -0.147. The van der Waals surface area contributed by atoms with Gasteiger partial charge in [-0.25, -0.2) is 0 Å². The number of carbonyl (C=O) groups excluding carboxylic acids is 2. The number of methoxy groups -OCH3 is 1. The summed E-state index contributed by atoms with van der Waals surface area (Å²) < 4.78 is 10.0. The van der Waals surface area contributed by atoms with Crippen LogP contribution in [0.25, 0.3) is 0 Å². The molecule has 1 amide bonds. The van der Waals surface area contributed by atoms with Gasteiger partial charge in [0, 0.05) is 32.2 Å². The van der Waals surface area contributed by atoms with Crippen molar-refractivity contribution >= 4 is 11.9 Å². The quantitative estimate of drug-likeness (QED) is 0.479. The van der Waals surface area contributed by atoms with Crippen molar-refractivity contribution in [1.29, 1.82) is 0 Å². The van der Waals surface area contributed by atoms with E-state index in [1.807, 2.05) is 11.8 Å². The molecule has 1 fully saturated rings. The third-order valence-corrected chi connectivity index (χ3v) is 3.78. The summed E-state index contributed by atoms with van der Waals surface area (Å²) in [5.41, 5.74) is 0. The Morgan fingerprint density at radius 3 is 2.55 bits per heavy atom. The molecule has 20 heavy (non-hydrogen) atoms. The van der Waals surface area contributed by atoms with Crippen molar-refractivity contribution in [2.45, 2.75) is 39.5 Å². The molecular formula is C15H27NO4. The average molecular weight is 285 g/mol. The van der Waals surface area contributed by atoms with Crippen LogP contribution < -0.4 is 0 Å². The van der Waals surface area contributed by atoms with Crippen LogP contribution in [0.4, 0.5) is 0 Å². The highest BCUT2D eigenvalue weighted by Gasteiger charge is 2.30. The molecule has 116 valence electrons. The van der Waals surface area contributed by atoms with E-state index in [1.54, 1.807) is 6.92 Å². The van der Waals surface area contributed by atoms with Crippen molar-refractivity contribution in [3.05, 3.63) is 0 Å². The van der Waals surface area contributed by atoms with Crippen molar-refractivity contribution in [2.75, 3.05) is 33.4 Å². The molecule has 0 aliphatic heterocycles. The molecule has 1 atom stereocenters. The van der Waals surface area contributed by atoms with Gasteiger partial charge in [-0.05, 0) is 26.2 Å². The van der Waals surface area contributed by atoms with Crippen LogP contribution in [-0.2, 0) is 19.1 Å². The highest BCUT2D eigenvalue weighted by Crippen LogP contribution is 2.28. The molecule has 0 bridgehead atoms. The molecule has 0 spiro atoms. The number of amides is 1. The monoisotopic (exact) mass is 285 g/mol. The van der Waals surface area contributed by atoms with E-state index in [-0.39, 0.29) is 23.7 Å². The normalized spacial score (nSPS) is 16.4. The second kappa shape index (κ2) is 8.95. The van der Waals surface area contributed by atoms with Crippen LogP contribution in [0.2, 0.25) is 0 Å². The molecule has 1 aliphatic carbocycles. The molecule has 1 unspecified atom stereocenters. The zero-order valence-corrected chi connectivity index (χ0v) is 12.9. The minimum absolute atomic E-state index is 0.159. The maximum absolute atomic E-state index is 12.4. The van der Waals surface area contributed by atoms with Crippen molar-refractivity contribution in [1.82, 2.24) is 4.90 Å². The maximum atomic E-state index is 12.4. The summed E-state index contributed by atoms with van der Waals surface area (Å²) in [6, 6.07) is 0. The number of ether oxygens (including phenoxy) is 2. The first-order valence-corrected chi connectivity index (χ1v) is 7.54. The first kappa shape index (κ1) is 17.0. The largest absolute Gasteiger partial charge is 0.469 e. The van der Waals surface area contributed by atoms with Gasteiger partial charge in [0.1, 0.15) is 0 Å². The van der Waals surface area contributed by atoms with Gasteiger partial charge < -0.3 is 14.4 Å². The highest BCUT2D eigenvalue weighted by molar-refractivity contribution is 5.80. The Labute approximate surface area is 121 Å². The lowest BCUT2D eigenvalue weighted by atomic mass is 9.84. The van der Waals surface area contributed by atoms with Gasteiger partial charge in [-0.15, -0.1) is 0 Å². The van der Waals surface area contributed by atoms with Crippen molar-refractivity contribution in [2.24, 2.45) is 11.8 Å². The van der Waals surface area contributed by atoms with E-state index in [0.717, 1.165) is 25.7 Å². The predicted molar refractivity (Wildman–Crippen MR) is 76.2 cm³/mol. The van der Waals surface area contributed by atoms with E-state index >= 15 is 0 Å². The first-order valence-electron chi connectivity index (χ1n) is 7.54. The van der Waals surface area contributed by atoms with Gasteiger partial charge in [0.25, 0.3) is 0 Å². The number of nitrogens with zero attached hydrogens (tertiary/aromatic N) is 1. The summed E-state index contributed by atoms with van der Waals surface area (Å²) in [5, 5.41) is 0. The van der Waals surface area contributed by atoms with Crippen LogP contribution in [0.1, 0.15) is 39.5 Å². The molecule has 0 aromatic heterocycles. The Morgan fingerprint density at radius 2 is 2.05 bits per heavy atom. The minimum atomic E-state index is -0.281. The zero-order valence-electron chi connectivity index (χ0n) is 12.9. The Morgan fingerprint density at radius 1 is 1.35 bits per heavy atom. The van der Waals surface area contributed by atoms with Gasteiger partial charge in [-0.2, -0.15) is 0 Å². The Balaban J connectivity index is 2.48. The fourth-order valence-electron chi connectivity index (χ4n) is 2.31. The molecule has 5 nitrogen and oxygen atoms in total. The predicted octanol–water partition coefficient (Wildman–Crippen LogP) is 1.85. The summed E-state index contributed by atoms with van der Waals surface area (Å²) >= 11 is 0. The van der Waals surface area contributed by atoms with E-state index < -0.39 is 0 Å². The van der Waals surface area contributed by atoms with Crippen LogP contribution in [0.5, 0.6) is 0 Å². The summed E-state index contributed by atoms with van der Waals surface area (Å²) in [7, 11) is 1.38. The van der Waals surface area contributed by atoms with Gasteiger partial charge in [0.05, 0.1) is 13.0 Å². The van der Waals surface area contributed by atoms with Gasteiger partial charge in [-0.3, -0.25) is 9.59 Å². The minimum Gasteiger partial charge on any atom is -0.469 e. The summed E-state index contributed by atoms with van der Waals surface area (Å²) in [4.78, 5) is 25.7. The zero-order chi connectivity index (χ0) is 15.0. The molecule has 1 rings (SSSR count). The fourth-order valence-corrected chi connectivity index (χ4v) is 2.31. The molecule has 1 saturated carbocycles. The Bertz CT molecular complexity index is 315. The molecule has 5 heteroatoms. The molecule has 0 aromatic carbocycles. The van der Waals surface area contributed by atoms with Crippen molar-refractivity contribution in [3.63, 3.8) is 0 Å². The van der Waals surface area contributed by atoms with Gasteiger partial charge in [0.2, 0.25) is 5.91 Å². The Hall–Kier alpha value is -1.10. The molecular weight excluding hydrogens is 258 g/mol. The molecule has 1 aliphatic rings. The van der Waals surface area contributed by atoms with Crippen molar-refractivity contribution < 1.29 is 19.1 Å². The molecule has 0 heterocycles. The average Bonchev–Trinajstić information content (AvgIpc) is 2.38. The topological polar surface area (TPSA) is 55.8 Å². The third-order valence-electron chi connectivity index (χ3n) is 3.78. The molecule has 0 saturated heterocycles. The third kappa shape index (κ3) is 5.12. The van der Waals surface area contributed by atoms with Crippen LogP contribution in [-0.4, -0.2) is 50.2 Å². The lowest BCUT2D eigenvalue weighted by Gasteiger charge is -2.32. The van der Waals surface area contributed by atoms with Crippen LogP contribution >= 0.6 is 0 Å². The van der Waals surface area contributed by atoms with E-state index in [0.29, 0.717) is 26.3 Å². The second-order valence-electron chi connectivity index (χ2n) is 5.39. The van der Waals surface area contributed by atoms with E-state index in [2.05, 4.69) is 0 Å². The smallest absolute Gasteiger partial charge is 0.310 e. The van der Waals surface area contributed by atoms with Crippen LogP contribution in [0.3, 0.4) is 0 Å². The van der Waals surface area contributed by atoms with E-state index in [1.165, 1.54) is 7.11 Å². The van der Waals surface area contributed by atoms with Gasteiger partial charge in [-0.1, -0.05) is 13.3 Å². The summed E-state index contributed by atoms with van der Waals surface area (Å²) in [6.45, 7) is 6.18. The molecule has 0 N–H and O–H groups in total. The summed E-state index contributed by atoms with van der Waals surface area (Å²) in [6.07, 6.45) is 3.90. The first-order chi connectivity index (χ1) is 9.60. The number of rotatable bonds is 9. The second-order valence-corrected chi connectivity index (χ2v) is 5.39. The lowest BCUT2D eigenvalue weighted by Crippen LogP contribution is -2.43. The number of hydrogen-bond donors (Lipinski definition) is 0. The van der Waals surface area contributed by atoms with Gasteiger partial charge in [0.15, 0.2) is 0 Å².